The number of allylic oxidation sites excluding steroid dienone is 4. The second-order valence-corrected chi connectivity index (χ2v) is 13.4. The highest BCUT2D eigenvalue weighted by Crippen LogP contribution is 2.55. The van der Waals surface area contributed by atoms with E-state index in [1.165, 1.54) is 6.07 Å². The van der Waals surface area contributed by atoms with E-state index in [9.17, 15) is 39.7 Å². The molecule has 0 radical (unpaired) electrons. The minimum absolute atomic E-state index is 0.0847. The van der Waals surface area contributed by atoms with Crippen LogP contribution in [0.1, 0.15) is 71.8 Å². The van der Waals surface area contributed by atoms with Crippen LogP contribution in [-0.2, 0) is 14.4 Å². The van der Waals surface area contributed by atoms with Gasteiger partial charge in [0.1, 0.15) is 6.54 Å². The van der Waals surface area contributed by atoms with E-state index in [0.717, 1.165) is 18.2 Å². The molecule has 0 bridgehead atoms. The number of nitro groups is 2. The van der Waals surface area contributed by atoms with E-state index in [1.54, 1.807) is 24.0 Å². The van der Waals surface area contributed by atoms with Crippen molar-refractivity contribution in [2.45, 2.75) is 66.2 Å². The first kappa shape index (κ1) is 32.3. The average Bonchev–Trinajstić information content (AvgIpc) is 2.93. The van der Waals surface area contributed by atoms with Gasteiger partial charge in [-0.1, -0.05) is 33.8 Å². The highest BCUT2D eigenvalue weighted by atomic mass is 16.6. The number of rotatable bonds is 9. The number of nitrogens with zero attached hydrogens (tertiary/aromatic N) is 3. The van der Waals surface area contributed by atoms with Crippen LogP contribution in [0.3, 0.4) is 0 Å². The molecule has 5 rings (SSSR count). The van der Waals surface area contributed by atoms with Crippen LogP contribution in [0.15, 0.2) is 58.9 Å². The number of nitro benzene ring substituents is 2. The van der Waals surface area contributed by atoms with Crippen LogP contribution >= 0.6 is 0 Å². The van der Waals surface area contributed by atoms with Crippen LogP contribution < -0.4 is 9.47 Å². The van der Waals surface area contributed by atoms with Crippen molar-refractivity contribution >= 4 is 28.9 Å². The summed E-state index contributed by atoms with van der Waals surface area (Å²) in [6.45, 7) is 9.36. The molecule has 1 N–H and O–H groups in total. The van der Waals surface area contributed by atoms with E-state index in [4.69, 9.17) is 9.47 Å². The van der Waals surface area contributed by atoms with Crippen LogP contribution in [0.5, 0.6) is 17.2 Å². The molecular formula is C33H35N3O10. The second kappa shape index (κ2) is 11.7. The number of benzene rings is 2. The van der Waals surface area contributed by atoms with Crippen LogP contribution in [0.25, 0.3) is 0 Å². The van der Waals surface area contributed by atoms with E-state index in [2.05, 4.69) is 0 Å². The number of hydrogen-bond acceptors (Lipinski definition) is 10. The first-order valence-corrected chi connectivity index (χ1v) is 14.9. The Bertz CT molecular complexity index is 1700. The van der Waals surface area contributed by atoms with Crippen molar-refractivity contribution in [2.24, 2.45) is 10.8 Å². The van der Waals surface area contributed by atoms with Crippen LogP contribution in [0.2, 0.25) is 0 Å². The molecule has 2 aromatic carbocycles. The van der Waals surface area contributed by atoms with E-state index >= 15 is 0 Å². The molecule has 0 amide bonds. The maximum absolute atomic E-state index is 13.9. The van der Waals surface area contributed by atoms with Crippen LogP contribution in [-0.4, -0.2) is 50.5 Å². The number of aliphatic carboxylic acids is 1. The summed E-state index contributed by atoms with van der Waals surface area (Å²) in [5.74, 6) is -2.19. The van der Waals surface area contributed by atoms with Gasteiger partial charge in [-0.3, -0.25) is 34.6 Å². The fourth-order valence-electron chi connectivity index (χ4n) is 6.73. The Morgan fingerprint density at radius 3 is 1.93 bits per heavy atom. The molecule has 0 saturated heterocycles. The molecule has 0 spiro atoms. The lowest BCUT2D eigenvalue weighted by atomic mass is 9.63. The molecule has 1 aliphatic heterocycles. The van der Waals surface area contributed by atoms with Gasteiger partial charge in [-0.15, -0.1) is 0 Å². The third-order valence-electron chi connectivity index (χ3n) is 8.49. The number of ether oxygens (including phenoxy) is 2. The number of Topliss-reactive ketones (excluding diaryl/α,β-unsaturated/α-hetero) is 2. The third kappa shape index (κ3) is 6.09. The van der Waals surface area contributed by atoms with Gasteiger partial charge in [0.15, 0.2) is 23.1 Å². The Labute approximate surface area is 264 Å². The van der Waals surface area contributed by atoms with Gasteiger partial charge in [-0.2, -0.15) is 0 Å². The van der Waals surface area contributed by atoms with Gasteiger partial charge >= 0.3 is 11.7 Å². The zero-order valence-electron chi connectivity index (χ0n) is 26.2. The summed E-state index contributed by atoms with van der Waals surface area (Å²) in [7, 11) is 0. The van der Waals surface area contributed by atoms with E-state index < -0.39 is 43.9 Å². The van der Waals surface area contributed by atoms with Crippen molar-refractivity contribution in [1.29, 1.82) is 0 Å². The predicted molar refractivity (Wildman–Crippen MR) is 165 cm³/mol. The molecule has 13 nitrogen and oxygen atoms in total. The molecular weight excluding hydrogens is 598 g/mol. The quantitative estimate of drug-likeness (QED) is 0.236. The minimum Gasteiger partial charge on any atom is -0.490 e. The van der Waals surface area contributed by atoms with Gasteiger partial charge in [-0.25, -0.2) is 0 Å². The molecule has 0 saturated carbocycles. The summed E-state index contributed by atoms with van der Waals surface area (Å²) in [5.41, 5.74) is 0.558. The van der Waals surface area contributed by atoms with Gasteiger partial charge in [-0.05, 0) is 54.4 Å². The van der Waals surface area contributed by atoms with Gasteiger partial charge in [0.05, 0.1) is 22.5 Å². The molecule has 0 aromatic heterocycles. The normalized spacial score (nSPS) is 19.0. The molecule has 0 fully saturated rings. The number of non-ortho nitro benzene ring substituents is 1. The van der Waals surface area contributed by atoms with E-state index in [1.807, 2.05) is 27.7 Å². The summed E-state index contributed by atoms with van der Waals surface area (Å²) < 4.78 is 11.8. The third-order valence-corrected chi connectivity index (χ3v) is 8.49. The fraction of sp³-hybridized carbons (Fsp3) is 0.424. The van der Waals surface area contributed by atoms with E-state index in [0.29, 0.717) is 40.9 Å². The molecule has 13 heteroatoms. The largest absolute Gasteiger partial charge is 0.490 e. The zero-order chi connectivity index (χ0) is 33.7. The highest BCUT2D eigenvalue weighted by Gasteiger charge is 2.49. The van der Waals surface area contributed by atoms with Gasteiger partial charge < -0.3 is 19.5 Å². The molecule has 242 valence electrons. The molecule has 2 aromatic rings. The Hall–Kier alpha value is -5.07. The van der Waals surface area contributed by atoms with Gasteiger partial charge in [0, 0.05) is 47.4 Å². The Morgan fingerprint density at radius 2 is 1.43 bits per heavy atom. The first-order chi connectivity index (χ1) is 21.5. The number of carbonyl (C=O) groups excluding carboxylic acids is 2. The molecule has 0 unspecified atom stereocenters. The summed E-state index contributed by atoms with van der Waals surface area (Å²) in [6, 6.07) is 7.84. The maximum Gasteiger partial charge on any atom is 0.323 e. The molecule has 2 aliphatic carbocycles. The van der Waals surface area contributed by atoms with Gasteiger partial charge in [0.2, 0.25) is 5.75 Å². The van der Waals surface area contributed by atoms with Gasteiger partial charge in [0.25, 0.3) is 5.69 Å². The van der Waals surface area contributed by atoms with Crippen molar-refractivity contribution in [3.8, 4) is 17.2 Å². The van der Waals surface area contributed by atoms with E-state index in [-0.39, 0.29) is 54.8 Å². The number of carbonyl (C=O) groups is 3. The molecule has 0 atom stereocenters. The second-order valence-electron chi connectivity index (χ2n) is 13.4. The maximum atomic E-state index is 13.9. The minimum atomic E-state index is -1.08. The summed E-state index contributed by atoms with van der Waals surface area (Å²) in [4.78, 5) is 63.0. The fourth-order valence-corrected chi connectivity index (χ4v) is 6.73. The SMILES string of the molecule is CCOc1cc(C2C3=C(CC(C)(C)CC3=O)N(CC(=O)O)C3=C2C(=O)CC(C)(C)C3)ccc1Oc1ccc([N+](=O)[O-])cc1[N+](=O)[O-]. The lowest BCUT2D eigenvalue weighted by Gasteiger charge is -2.48. The number of carboxylic acid groups (broad SMARTS) is 1. The standard InChI is InChI=1S/C33H35N3O10/c1-6-45-27-11-18(7-9-26(27)46-25-10-8-19(35(41)42)12-20(25)36(43)44)29-30-21(13-32(2,3)15-23(30)37)34(17-28(39)40)22-14-33(4,5)16-24(38)31(22)29/h7-12,29H,6,13-17H2,1-5H3,(H,39,40). The predicted octanol–water partition coefficient (Wildman–Crippen LogP) is 6.46. The lowest BCUT2D eigenvalue weighted by molar-refractivity contribution is -0.394. The Morgan fingerprint density at radius 1 is 0.870 bits per heavy atom. The van der Waals surface area contributed by atoms with Crippen molar-refractivity contribution in [3.63, 3.8) is 0 Å². The molecule has 1 heterocycles. The highest BCUT2D eigenvalue weighted by molar-refractivity contribution is 6.07. The first-order valence-electron chi connectivity index (χ1n) is 14.9. The smallest absolute Gasteiger partial charge is 0.323 e. The number of hydrogen-bond donors (Lipinski definition) is 1. The number of carboxylic acids is 1. The molecule has 46 heavy (non-hydrogen) atoms. The van der Waals surface area contributed by atoms with Crippen molar-refractivity contribution in [1.82, 2.24) is 4.90 Å². The number of ketones is 2. The summed E-state index contributed by atoms with van der Waals surface area (Å²) in [5, 5.41) is 32.8. The topological polar surface area (TPSA) is 179 Å². The monoisotopic (exact) mass is 633 g/mol. The van der Waals surface area contributed by atoms with Crippen molar-refractivity contribution < 1.29 is 38.8 Å². The van der Waals surface area contributed by atoms with Crippen LogP contribution in [0, 0.1) is 31.1 Å². The Kier molecular flexibility index (Phi) is 8.22. The van der Waals surface area contributed by atoms with Crippen LogP contribution in [0.4, 0.5) is 11.4 Å². The zero-order valence-corrected chi connectivity index (χ0v) is 26.2. The lowest BCUT2D eigenvalue weighted by Crippen LogP contribution is -2.45. The molecule has 3 aliphatic rings. The summed E-state index contributed by atoms with van der Waals surface area (Å²) in [6.07, 6.45) is 1.31. The summed E-state index contributed by atoms with van der Waals surface area (Å²) >= 11 is 0. The Balaban J connectivity index is 1.68. The average molecular weight is 634 g/mol. The van der Waals surface area contributed by atoms with Crippen molar-refractivity contribution in [2.75, 3.05) is 13.2 Å². The van der Waals surface area contributed by atoms with Crippen molar-refractivity contribution in [3.05, 3.63) is 84.7 Å².